The SMILES string of the molecule is Nc1ccc([N+](=O)[O-])cc1/C(=N/Nc1ccc([N+](=O)[O-])cc1[N+](=O)[O-])c1ccccc1. The lowest BCUT2D eigenvalue weighted by Gasteiger charge is -2.11. The molecule has 31 heavy (non-hydrogen) atoms. The molecule has 0 saturated carbocycles. The smallest absolute Gasteiger partial charge is 0.301 e. The highest BCUT2D eigenvalue weighted by Crippen LogP contribution is 2.30. The molecule has 0 fully saturated rings. The molecule has 156 valence electrons. The number of benzene rings is 3. The van der Waals surface area contributed by atoms with Crippen LogP contribution in [-0.4, -0.2) is 20.5 Å². The maximum absolute atomic E-state index is 11.4. The third-order valence-electron chi connectivity index (χ3n) is 4.23. The Labute approximate surface area is 174 Å². The molecular formula is C19H14N6O6. The molecule has 0 radical (unpaired) electrons. The van der Waals surface area contributed by atoms with Crippen LogP contribution in [0.5, 0.6) is 0 Å². The lowest BCUT2D eigenvalue weighted by molar-refractivity contribution is -0.393. The molecule has 0 heterocycles. The van der Waals surface area contributed by atoms with Crippen molar-refractivity contribution in [2.24, 2.45) is 5.10 Å². The highest BCUT2D eigenvalue weighted by molar-refractivity contribution is 6.16. The predicted octanol–water partition coefficient (Wildman–Crippen LogP) is 3.86. The Hall–Kier alpha value is -4.87. The van der Waals surface area contributed by atoms with Crippen LogP contribution in [0.3, 0.4) is 0 Å². The Kier molecular flexibility index (Phi) is 5.82. The van der Waals surface area contributed by atoms with Crippen molar-refractivity contribution in [3.8, 4) is 0 Å². The van der Waals surface area contributed by atoms with Crippen molar-refractivity contribution in [3.63, 3.8) is 0 Å². The standard InChI is InChI=1S/C19H14N6O6/c20-16-8-6-13(23(26)27)10-15(16)19(12-4-2-1-3-5-12)22-21-17-9-7-14(24(28)29)11-18(17)25(30)31/h1-11,21H,20H2/b22-19+. The number of hydrogen-bond acceptors (Lipinski definition) is 9. The lowest BCUT2D eigenvalue weighted by Crippen LogP contribution is -2.10. The highest BCUT2D eigenvalue weighted by atomic mass is 16.6. The largest absolute Gasteiger partial charge is 0.398 e. The quantitative estimate of drug-likeness (QED) is 0.249. The van der Waals surface area contributed by atoms with Gasteiger partial charge in [0.1, 0.15) is 11.4 Å². The van der Waals surface area contributed by atoms with Gasteiger partial charge in [0.15, 0.2) is 0 Å². The van der Waals surface area contributed by atoms with E-state index in [9.17, 15) is 30.3 Å². The Morgan fingerprint density at radius 2 is 1.42 bits per heavy atom. The van der Waals surface area contributed by atoms with Crippen molar-refractivity contribution in [2.45, 2.75) is 0 Å². The molecular weight excluding hydrogens is 408 g/mol. The Morgan fingerprint density at radius 3 is 2.03 bits per heavy atom. The van der Waals surface area contributed by atoms with E-state index in [0.29, 0.717) is 5.56 Å². The van der Waals surface area contributed by atoms with Gasteiger partial charge in [0, 0.05) is 35.0 Å². The first-order valence-electron chi connectivity index (χ1n) is 8.64. The van der Waals surface area contributed by atoms with E-state index < -0.39 is 26.1 Å². The van der Waals surface area contributed by atoms with Crippen LogP contribution in [0.15, 0.2) is 71.8 Å². The Balaban J connectivity index is 2.13. The normalized spacial score (nSPS) is 11.0. The van der Waals surface area contributed by atoms with E-state index in [1.165, 1.54) is 18.2 Å². The van der Waals surface area contributed by atoms with Crippen molar-refractivity contribution >= 4 is 34.1 Å². The van der Waals surface area contributed by atoms with E-state index >= 15 is 0 Å². The minimum atomic E-state index is -0.783. The van der Waals surface area contributed by atoms with E-state index in [-0.39, 0.29) is 28.3 Å². The minimum Gasteiger partial charge on any atom is -0.398 e. The van der Waals surface area contributed by atoms with E-state index in [4.69, 9.17) is 5.73 Å². The number of nitro groups is 3. The first-order valence-corrected chi connectivity index (χ1v) is 8.64. The number of non-ortho nitro benzene ring substituents is 2. The topological polar surface area (TPSA) is 180 Å². The van der Waals surface area contributed by atoms with Gasteiger partial charge in [-0.1, -0.05) is 30.3 Å². The molecule has 12 nitrogen and oxygen atoms in total. The Morgan fingerprint density at radius 1 is 0.806 bits per heavy atom. The number of rotatable bonds is 7. The second-order valence-corrected chi connectivity index (χ2v) is 6.18. The molecule has 0 spiro atoms. The summed E-state index contributed by atoms with van der Waals surface area (Å²) in [5.74, 6) is 0. The van der Waals surface area contributed by atoms with Crippen LogP contribution < -0.4 is 11.2 Å². The van der Waals surface area contributed by atoms with Gasteiger partial charge >= 0.3 is 5.69 Å². The monoisotopic (exact) mass is 422 g/mol. The van der Waals surface area contributed by atoms with Crippen molar-refractivity contribution in [2.75, 3.05) is 11.2 Å². The first kappa shape index (κ1) is 20.9. The fraction of sp³-hybridized carbons (Fsp3) is 0. The van der Waals surface area contributed by atoms with Crippen molar-refractivity contribution in [1.82, 2.24) is 0 Å². The van der Waals surface area contributed by atoms with Gasteiger partial charge < -0.3 is 5.73 Å². The summed E-state index contributed by atoms with van der Waals surface area (Å²) < 4.78 is 0. The van der Waals surface area contributed by atoms with Gasteiger partial charge in [-0.05, 0) is 12.1 Å². The van der Waals surface area contributed by atoms with E-state index in [1.807, 2.05) is 0 Å². The lowest BCUT2D eigenvalue weighted by atomic mass is 10.0. The summed E-state index contributed by atoms with van der Waals surface area (Å²) in [6, 6.07) is 15.5. The van der Waals surface area contributed by atoms with Gasteiger partial charge in [-0.15, -0.1) is 0 Å². The summed E-state index contributed by atoms with van der Waals surface area (Å²) in [6.45, 7) is 0. The minimum absolute atomic E-state index is 0.104. The number of hydrogen-bond donors (Lipinski definition) is 2. The zero-order valence-electron chi connectivity index (χ0n) is 15.7. The highest BCUT2D eigenvalue weighted by Gasteiger charge is 2.20. The fourth-order valence-electron chi connectivity index (χ4n) is 2.73. The number of nitro benzene ring substituents is 3. The maximum atomic E-state index is 11.4. The van der Waals surface area contributed by atoms with Crippen molar-refractivity contribution < 1.29 is 14.8 Å². The van der Waals surface area contributed by atoms with Gasteiger partial charge in [-0.3, -0.25) is 35.8 Å². The molecule has 3 aromatic carbocycles. The van der Waals surface area contributed by atoms with Crippen LogP contribution in [0.1, 0.15) is 11.1 Å². The molecule has 3 N–H and O–H groups in total. The molecule has 12 heteroatoms. The van der Waals surface area contributed by atoms with Crippen LogP contribution in [0, 0.1) is 30.3 Å². The molecule has 0 aliphatic rings. The van der Waals surface area contributed by atoms with Gasteiger partial charge in [0.25, 0.3) is 11.4 Å². The number of nitrogens with two attached hydrogens (primary N) is 1. The van der Waals surface area contributed by atoms with E-state index in [0.717, 1.165) is 18.2 Å². The van der Waals surface area contributed by atoms with Crippen LogP contribution in [-0.2, 0) is 0 Å². The average molecular weight is 422 g/mol. The second kappa shape index (κ2) is 8.65. The van der Waals surface area contributed by atoms with Crippen LogP contribution in [0.4, 0.5) is 28.4 Å². The molecule has 0 aromatic heterocycles. The summed E-state index contributed by atoms with van der Waals surface area (Å²) in [6.07, 6.45) is 0. The number of nitrogens with zero attached hydrogens (tertiary/aromatic N) is 4. The van der Waals surface area contributed by atoms with Crippen molar-refractivity contribution in [3.05, 3.63) is 108 Å². The van der Waals surface area contributed by atoms with Gasteiger partial charge in [0.05, 0.1) is 20.8 Å². The van der Waals surface area contributed by atoms with Crippen molar-refractivity contribution in [1.29, 1.82) is 0 Å². The molecule has 0 amide bonds. The summed E-state index contributed by atoms with van der Waals surface area (Å²) in [5, 5.41) is 37.7. The number of nitrogens with one attached hydrogen (secondary N) is 1. The molecule has 3 rings (SSSR count). The molecule has 0 bridgehead atoms. The predicted molar refractivity (Wildman–Crippen MR) is 113 cm³/mol. The summed E-state index contributed by atoms with van der Waals surface area (Å²) >= 11 is 0. The Bertz CT molecular complexity index is 1210. The van der Waals surface area contributed by atoms with Gasteiger partial charge in [0.2, 0.25) is 0 Å². The molecule has 0 aliphatic carbocycles. The van der Waals surface area contributed by atoms with E-state index in [1.54, 1.807) is 30.3 Å². The van der Waals surface area contributed by atoms with Crippen LogP contribution >= 0.6 is 0 Å². The summed E-state index contributed by atoms with van der Waals surface area (Å²) in [5.41, 5.74) is 8.38. The number of hydrazone groups is 1. The third kappa shape index (κ3) is 4.59. The third-order valence-corrected chi connectivity index (χ3v) is 4.23. The zero-order chi connectivity index (χ0) is 22.5. The molecule has 0 saturated heterocycles. The molecule has 0 aliphatic heterocycles. The number of nitrogen functional groups attached to an aromatic ring is 1. The van der Waals surface area contributed by atoms with Gasteiger partial charge in [-0.25, -0.2) is 0 Å². The summed E-state index contributed by atoms with van der Waals surface area (Å²) in [7, 11) is 0. The molecule has 3 aromatic rings. The van der Waals surface area contributed by atoms with Gasteiger partial charge in [-0.2, -0.15) is 5.10 Å². The average Bonchev–Trinajstić information content (AvgIpc) is 2.75. The zero-order valence-corrected chi connectivity index (χ0v) is 15.7. The molecule has 0 unspecified atom stereocenters. The molecule has 0 atom stereocenters. The van der Waals surface area contributed by atoms with Crippen LogP contribution in [0.2, 0.25) is 0 Å². The van der Waals surface area contributed by atoms with Crippen LogP contribution in [0.25, 0.3) is 0 Å². The second-order valence-electron chi connectivity index (χ2n) is 6.18. The summed E-state index contributed by atoms with van der Waals surface area (Å²) in [4.78, 5) is 31.3. The number of anilines is 2. The fourth-order valence-corrected chi connectivity index (χ4v) is 2.73. The van der Waals surface area contributed by atoms with E-state index in [2.05, 4.69) is 10.5 Å². The first-order chi connectivity index (χ1) is 14.8. The maximum Gasteiger partial charge on any atom is 0.301 e.